The number of nitrogens with zero attached hydrogens (tertiary/aromatic N) is 2. The number of aromatic nitrogens is 1. The van der Waals surface area contributed by atoms with E-state index in [1.54, 1.807) is 39.0 Å². The first-order valence-electron chi connectivity index (χ1n) is 16.7. The number of fused-ring (bicyclic) bond motifs is 3. The predicted molar refractivity (Wildman–Crippen MR) is 178 cm³/mol. The molecule has 4 amide bonds. The molecule has 49 heavy (non-hydrogen) atoms. The molecule has 266 valence electrons. The molecule has 2 aliphatic carbocycles. The Morgan fingerprint density at radius 1 is 1.14 bits per heavy atom. The molecule has 2 saturated carbocycles. The summed E-state index contributed by atoms with van der Waals surface area (Å²) in [5, 5.41) is 5.36. The van der Waals surface area contributed by atoms with Crippen molar-refractivity contribution in [1.82, 2.24) is 25.2 Å². The number of rotatable bonds is 6. The van der Waals surface area contributed by atoms with Gasteiger partial charge in [0, 0.05) is 17.4 Å². The fourth-order valence-corrected chi connectivity index (χ4v) is 7.90. The van der Waals surface area contributed by atoms with Crippen LogP contribution in [-0.2, 0) is 29.1 Å². The molecule has 0 bridgehead atoms. The summed E-state index contributed by atoms with van der Waals surface area (Å²) in [5.74, 6) is -2.40. The number of carbonyl (C=O) groups is 4. The Morgan fingerprint density at radius 3 is 2.65 bits per heavy atom. The van der Waals surface area contributed by atoms with Gasteiger partial charge in [-0.1, -0.05) is 36.6 Å². The number of halogens is 1. The smallest absolute Gasteiger partial charge is 0.408 e. The number of nitrogens with one attached hydrogen (secondary N) is 3. The average molecular weight is 720 g/mol. The van der Waals surface area contributed by atoms with Crippen LogP contribution >= 0.6 is 11.6 Å². The van der Waals surface area contributed by atoms with Crippen molar-refractivity contribution < 1.29 is 41.5 Å². The third-order valence-corrected chi connectivity index (χ3v) is 11.2. The van der Waals surface area contributed by atoms with E-state index in [9.17, 15) is 27.6 Å². The zero-order chi connectivity index (χ0) is 35.1. The molecule has 4 aliphatic rings. The lowest BCUT2D eigenvalue weighted by molar-refractivity contribution is -0.141. The highest BCUT2D eigenvalue weighted by atomic mass is 35.5. The number of hydrogen-bond acceptors (Lipinski definition) is 10. The Bertz CT molecular complexity index is 1770. The van der Waals surface area contributed by atoms with E-state index in [2.05, 4.69) is 20.3 Å². The Morgan fingerprint density at radius 2 is 1.92 bits per heavy atom. The van der Waals surface area contributed by atoms with Crippen molar-refractivity contribution in [3.63, 3.8) is 0 Å². The molecule has 3 fully saturated rings. The van der Waals surface area contributed by atoms with Gasteiger partial charge in [0.15, 0.2) is 5.58 Å². The summed E-state index contributed by atoms with van der Waals surface area (Å²) in [5.41, 5.74) is -1.41. The quantitative estimate of drug-likeness (QED) is 0.372. The highest BCUT2D eigenvalue weighted by Gasteiger charge is 2.62. The first kappa shape index (κ1) is 35.0. The minimum atomic E-state index is -3.88. The molecule has 5 atom stereocenters. The molecular formula is C33H42ClN5O9S. The molecule has 1 saturated heterocycles. The van der Waals surface area contributed by atoms with Crippen LogP contribution in [0.5, 0.6) is 6.08 Å². The molecular weight excluding hydrogens is 678 g/mol. The number of hydrogen-bond donors (Lipinski definition) is 3. The number of amides is 4. The summed E-state index contributed by atoms with van der Waals surface area (Å²) in [4.78, 5) is 60.5. The van der Waals surface area contributed by atoms with Gasteiger partial charge in [-0.25, -0.2) is 13.2 Å². The van der Waals surface area contributed by atoms with Gasteiger partial charge in [-0.05, 0) is 77.5 Å². The minimum absolute atomic E-state index is 0.00872. The average Bonchev–Trinajstić information content (AvgIpc) is 3.90. The molecule has 2 aromatic rings. The summed E-state index contributed by atoms with van der Waals surface area (Å²) in [6, 6.07) is 2.78. The number of alkyl carbamates (subject to hydrolysis) is 1. The molecule has 0 spiro atoms. The number of oxazole rings is 1. The lowest BCUT2D eigenvalue weighted by Crippen LogP contribution is -2.58. The first-order chi connectivity index (χ1) is 23.1. The normalized spacial score (nSPS) is 28.7. The molecule has 1 aromatic carbocycles. The third kappa shape index (κ3) is 8.14. The fourth-order valence-electron chi connectivity index (χ4n) is 6.37. The Kier molecular flexibility index (Phi) is 9.61. The first-order valence-corrected chi connectivity index (χ1v) is 18.6. The van der Waals surface area contributed by atoms with E-state index in [4.69, 9.17) is 25.5 Å². The van der Waals surface area contributed by atoms with Crippen LogP contribution < -0.4 is 20.1 Å². The Balaban J connectivity index is 1.28. The largest absolute Gasteiger partial charge is 0.445 e. The van der Waals surface area contributed by atoms with Crippen LogP contribution in [0.15, 0.2) is 34.8 Å². The van der Waals surface area contributed by atoms with Crippen molar-refractivity contribution in [3.05, 3.63) is 35.4 Å². The van der Waals surface area contributed by atoms with Crippen molar-refractivity contribution in [2.75, 3.05) is 6.54 Å². The van der Waals surface area contributed by atoms with E-state index in [0.29, 0.717) is 48.2 Å². The summed E-state index contributed by atoms with van der Waals surface area (Å²) < 4.78 is 44.9. The van der Waals surface area contributed by atoms with E-state index in [0.717, 1.165) is 12.8 Å². The second-order valence-electron chi connectivity index (χ2n) is 14.3. The SMILES string of the molecule is CC(C)(C)OC(=O)N[C@H]1CCCCC/C=C\[C@H]2C[C@@]2(C(=O)NS(=O)(=O)C2CC2)NC(=O)[C@@H]2C[C@@H](Oc3nc4cc(Cl)ccc4o3)CN2C1=O. The summed E-state index contributed by atoms with van der Waals surface area (Å²) >= 11 is 6.09. The molecule has 0 radical (unpaired) electrons. The monoisotopic (exact) mass is 719 g/mol. The van der Waals surface area contributed by atoms with Gasteiger partial charge in [-0.3, -0.25) is 19.1 Å². The van der Waals surface area contributed by atoms with Crippen LogP contribution in [0.1, 0.15) is 78.6 Å². The van der Waals surface area contributed by atoms with Gasteiger partial charge < -0.3 is 29.4 Å². The second-order valence-corrected chi connectivity index (χ2v) is 16.7. The van der Waals surface area contributed by atoms with E-state index in [1.807, 2.05) is 12.2 Å². The van der Waals surface area contributed by atoms with Gasteiger partial charge >= 0.3 is 12.2 Å². The third-order valence-electron chi connectivity index (χ3n) is 9.13. The number of carbonyl (C=O) groups excluding carboxylic acids is 4. The molecule has 6 rings (SSSR count). The van der Waals surface area contributed by atoms with Gasteiger partial charge in [-0.2, -0.15) is 4.98 Å². The number of ether oxygens (including phenoxy) is 2. The molecule has 16 heteroatoms. The lowest BCUT2D eigenvalue weighted by atomic mass is 10.0. The number of sulfonamides is 1. The van der Waals surface area contributed by atoms with Crippen LogP contribution in [0.25, 0.3) is 11.1 Å². The highest BCUT2D eigenvalue weighted by Crippen LogP contribution is 2.46. The summed E-state index contributed by atoms with van der Waals surface area (Å²) in [7, 11) is -3.88. The Labute approximate surface area is 289 Å². The zero-order valence-corrected chi connectivity index (χ0v) is 29.3. The Hall–Kier alpha value is -3.85. The molecule has 0 unspecified atom stereocenters. The van der Waals surface area contributed by atoms with Gasteiger partial charge in [0.05, 0.1) is 11.8 Å². The number of allylic oxidation sites excluding steroid dienone is 1. The topological polar surface area (TPSA) is 186 Å². The van der Waals surface area contributed by atoms with Crippen molar-refractivity contribution in [3.8, 4) is 6.08 Å². The fraction of sp³-hybridized carbons (Fsp3) is 0.606. The minimum Gasteiger partial charge on any atom is -0.445 e. The van der Waals surface area contributed by atoms with E-state index in [1.165, 1.54) is 4.90 Å². The van der Waals surface area contributed by atoms with Crippen molar-refractivity contribution in [2.24, 2.45) is 5.92 Å². The maximum atomic E-state index is 14.3. The molecule has 3 N–H and O–H groups in total. The summed E-state index contributed by atoms with van der Waals surface area (Å²) in [6.45, 7) is 5.10. The highest BCUT2D eigenvalue weighted by molar-refractivity contribution is 7.91. The van der Waals surface area contributed by atoms with Crippen molar-refractivity contribution in [1.29, 1.82) is 0 Å². The maximum Gasteiger partial charge on any atom is 0.408 e. The van der Waals surface area contributed by atoms with Crippen molar-refractivity contribution in [2.45, 2.75) is 113 Å². The lowest BCUT2D eigenvalue weighted by Gasteiger charge is -2.30. The van der Waals surface area contributed by atoms with Crippen LogP contribution in [0.3, 0.4) is 0 Å². The summed E-state index contributed by atoms with van der Waals surface area (Å²) in [6.07, 6.45) is 6.50. The van der Waals surface area contributed by atoms with Crippen LogP contribution in [0.2, 0.25) is 5.02 Å². The molecule has 14 nitrogen and oxygen atoms in total. The second kappa shape index (κ2) is 13.5. The van der Waals surface area contributed by atoms with E-state index >= 15 is 0 Å². The van der Waals surface area contributed by atoms with Crippen LogP contribution in [0, 0.1) is 5.92 Å². The van der Waals surface area contributed by atoms with E-state index < -0.39 is 74.3 Å². The van der Waals surface area contributed by atoms with E-state index in [-0.39, 0.29) is 25.5 Å². The van der Waals surface area contributed by atoms with Gasteiger partial charge in [-0.15, -0.1) is 0 Å². The standard InChI is InChI=1S/C33H42ClN5O9S/c1-32(2,3)48-30(43)35-23-10-8-6-4-5-7-9-19-17-33(19,29(42)38-49(44,45)22-12-13-22)37-27(40)25-16-21(18-39(25)28(23)41)46-31-36-24-15-20(34)11-14-26(24)47-31/h7,9,11,14-15,19,21-23,25H,4-6,8,10,12-13,16-18H2,1-3H3,(H,35,43)(H,37,40)(H,38,42)/b9-7-/t19-,21+,23-,25-,33+/m0/s1. The predicted octanol–water partition coefficient (Wildman–Crippen LogP) is 3.73. The molecule has 2 aliphatic heterocycles. The van der Waals surface area contributed by atoms with Gasteiger partial charge in [0.2, 0.25) is 21.8 Å². The van der Waals surface area contributed by atoms with Crippen LogP contribution in [-0.4, -0.2) is 83.2 Å². The van der Waals surface area contributed by atoms with Gasteiger partial charge in [0.25, 0.3) is 5.91 Å². The maximum absolute atomic E-state index is 14.3. The number of benzene rings is 1. The van der Waals surface area contributed by atoms with Crippen molar-refractivity contribution >= 4 is 56.5 Å². The van der Waals surface area contributed by atoms with Gasteiger partial charge in [0.1, 0.15) is 34.8 Å². The molecule has 1 aromatic heterocycles. The molecule has 3 heterocycles. The van der Waals surface area contributed by atoms with Crippen LogP contribution in [0.4, 0.5) is 4.79 Å². The zero-order valence-electron chi connectivity index (χ0n) is 27.7.